The van der Waals surface area contributed by atoms with Crippen molar-refractivity contribution in [3.05, 3.63) is 29.8 Å². The number of carboxylic acids is 1. The molecule has 0 aromatic heterocycles. The van der Waals surface area contributed by atoms with Gasteiger partial charge in [-0.2, -0.15) is 0 Å². The first-order valence-corrected chi connectivity index (χ1v) is 5.97. The van der Waals surface area contributed by atoms with E-state index in [9.17, 15) is 4.79 Å². The van der Waals surface area contributed by atoms with E-state index >= 15 is 0 Å². The number of carbonyl (C=O) groups is 1. The highest BCUT2D eigenvalue weighted by molar-refractivity contribution is 5.73. The largest absolute Gasteiger partial charge is 0.488 e. The molecule has 5 heteroatoms. The van der Waals surface area contributed by atoms with Gasteiger partial charge in [-0.3, -0.25) is 4.79 Å². The van der Waals surface area contributed by atoms with Crippen LogP contribution in [-0.4, -0.2) is 36.4 Å². The predicted octanol–water partition coefficient (Wildman–Crippen LogP) is 0.809. The maximum Gasteiger partial charge on any atom is 0.320 e. The summed E-state index contributed by atoms with van der Waals surface area (Å²) in [5, 5.41) is 8.83. The van der Waals surface area contributed by atoms with Gasteiger partial charge in [-0.15, -0.1) is 0 Å². The van der Waals surface area contributed by atoms with Crippen LogP contribution in [0.2, 0.25) is 0 Å². The third kappa shape index (κ3) is 3.21. The Morgan fingerprint density at radius 2 is 2.33 bits per heavy atom. The Morgan fingerprint density at radius 1 is 1.56 bits per heavy atom. The lowest BCUT2D eigenvalue weighted by molar-refractivity contribution is -0.138. The monoisotopic (exact) mass is 251 g/mol. The molecule has 2 rings (SSSR count). The molecule has 0 bridgehead atoms. The molecule has 0 saturated carbocycles. The highest BCUT2D eigenvalue weighted by Gasteiger charge is 2.20. The summed E-state index contributed by atoms with van der Waals surface area (Å²) >= 11 is 0. The molecule has 1 aliphatic heterocycles. The minimum atomic E-state index is -1.01. The van der Waals surface area contributed by atoms with Crippen molar-refractivity contribution in [1.29, 1.82) is 0 Å². The summed E-state index contributed by atoms with van der Waals surface area (Å²) in [6, 6.07) is 6.48. The van der Waals surface area contributed by atoms with Gasteiger partial charge in [-0.25, -0.2) is 0 Å². The lowest BCUT2D eigenvalue weighted by Gasteiger charge is -2.16. The molecule has 18 heavy (non-hydrogen) atoms. The summed E-state index contributed by atoms with van der Waals surface area (Å²) in [4.78, 5) is 10.8. The average molecular weight is 251 g/mol. The number of hydrogen-bond donors (Lipinski definition) is 2. The highest BCUT2D eigenvalue weighted by atomic mass is 16.5. The molecule has 1 saturated heterocycles. The van der Waals surface area contributed by atoms with E-state index in [0.29, 0.717) is 19.0 Å². The van der Waals surface area contributed by atoms with E-state index in [0.717, 1.165) is 12.0 Å². The molecule has 1 aromatic carbocycles. The van der Waals surface area contributed by atoms with Crippen LogP contribution in [-0.2, 0) is 16.0 Å². The summed E-state index contributed by atoms with van der Waals surface area (Å²) < 4.78 is 11.1. The molecule has 98 valence electrons. The van der Waals surface area contributed by atoms with Crippen molar-refractivity contribution >= 4 is 5.97 Å². The quantitative estimate of drug-likeness (QED) is 0.809. The Balaban J connectivity index is 2.06. The number of nitrogens with two attached hydrogens (primary N) is 1. The number of rotatable bonds is 5. The molecule has 2 atom stereocenters. The van der Waals surface area contributed by atoms with Crippen molar-refractivity contribution in [2.45, 2.75) is 25.0 Å². The molecule has 0 amide bonds. The van der Waals surface area contributed by atoms with E-state index in [1.165, 1.54) is 0 Å². The van der Waals surface area contributed by atoms with Gasteiger partial charge in [-0.1, -0.05) is 18.2 Å². The minimum Gasteiger partial charge on any atom is -0.488 e. The maximum absolute atomic E-state index is 10.8. The van der Waals surface area contributed by atoms with Gasteiger partial charge in [0.2, 0.25) is 0 Å². The van der Waals surface area contributed by atoms with E-state index in [-0.39, 0.29) is 12.5 Å². The third-order valence-corrected chi connectivity index (χ3v) is 2.91. The van der Waals surface area contributed by atoms with Gasteiger partial charge in [-0.05, 0) is 11.6 Å². The molecule has 0 radical (unpaired) electrons. The standard InChI is InChI=1S/C13H17NO4/c14-11(13(15)16)7-9-3-1-2-4-12(9)18-10-5-6-17-8-10/h1-4,10-11H,5-8,14H2,(H,15,16). The number of hydrogen-bond acceptors (Lipinski definition) is 4. The van der Waals surface area contributed by atoms with Crippen LogP contribution < -0.4 is 10.5 Å². The van der Waals surface area contributed by atoms with Crippen molar-refractivity contribution in [3.63, 3.8) is 0 Å². The van der Waals surface area contributed by atoms with Crippen LogP contribution >= 0.6 is 0 Å². The summed E-state index contributed by atoms with van der Waals surface area (Å²) in [7, 11) is 0. The van der Waals surface area contributed by atoms with Crippen LogP contribution in [0.5, 0.6) is 5.75 Å². The number of para-hydroxylation sites is 1. The minimum absolute atomic E-state index is 0.0483. The van der Waals surface area contributed by atoms with Crippen LogP contribution in [0.1, 0.15) is 12.0 Å². The fraction of sp³-hybridized carbons (Fsp3) is 0.462. The Morgan fingerprint density at radius 3 is 3.00 bits per heavy atom. The van der Waals surface area contributed by atoms with Crippen LogP contribution in [0.25, 0.3) is 0 Å². The van der Waals surface area contributed by atoms with Crippen molar-refractivity contribution in [3.8, 4) is 5.75 Å². The number of benzene rings is 1. The Hall–Kier alpha value is -1.59. The SMILES string of the molecule is NC(Cc1ccccc1OC1CCOC1)C(=O)O. The highest BCUT2D eigenvalue weighted by Crippen LogP contribution is 2.22. The molecule has 2 unspecified atom stereocenters. The normalized spacial score (nSPS) is 20.6. The summed E-state index contributed by atoms with van der Waals surface area (Å²) in [5.74, 6) is -0.307. The lowest BCUT2D eigenvalue weighted by Crippen LogP contribution is -2.32. The molecule has 1 aromatic rings. The molecule has 0 aliphatic carbocycles. The molecule has 1 fully saturated rings. The van der Waals surface area contributed by atoms with Crippen LogP contribution in [0, 0.1) is 0 Å². The van der Waals surface area contributed by atoms with Gasteiger partial charge in [0.25, 0.3) is 0 Å². The zero-order valence-electron chi connectivity index (χ0n) is 10.0. The van der Waals surface area contributed by atoms with Crippen LogP contribution in [0.3, 0.4) is 0 Å². The van der Waals surface area contributed by atoms with Gasteiger partial charge in [0.1, 0.15) is 17.9 Å². The van der Waals surface area contributed by atoms with Gasteiger partial charge < -0.3 is 20.3 Å². The Bertz CT molecular complexity index is 415. The van der Waals surface area contributed by atoms with Gasteiger partial charge >= 0.3 is 5.97 Å². The van der Waals surface area contributed by atoms with Crippen LogP contribution in [0.15, 0.2) is 24.3 Å². The fourth-order valence-electron chi connectivity index (χ4n) is 1.90. The number of aliphatic carboxylic acids is 1. The van der Waals surface area contributed by atoms with E-state index in [1.54, 1.807) is 0 Å². The van der Waals surface area contributed by atoms with E-state index < -0.39 is 12.0 Å². The molecule has 1 heterocycles. The van der Waals surface area contributed by atoms with Gasteiger partial charge in [0, 0.05) is 12.8 Å². The van der Waals surface area contributed by atoms with Gasteiger partial charge in [0.05, 0.1) is 13.2 Å². The van der Waals surface area contributed by atoms with E-state index in [2.05, 4.69) is 0 Å². The molecule has 0 spiro atoms. The molecular formula is C13H17NO4. The van der Waals surface area contributed by atoms with Crippen molar-refractivity contribution in [1.82, 2.24) is 0 Å². The topological polar surface area (TPSA) is 81.8 Å². The third-order valence-electron chi connectivity index (χ3n) is 2.91. The molecule has 5 nitrogen and oxygen atoms in total. The number of carboxylic acid groups (broad SMARTS) is 1. The molecule has 3 N–H and O–H groups in total. The predicted molar refractivity (Wildman–Crippen MR) is 65.6 cm³/mol. The Labute approximate surface area is 106 Å². The maximum atomic E-state index is 10.8. The zero-order valence-corrected chi connectivity index (χ0v) is 10.0. The second kappa shape index (κ2) is 5.84. The van der Waals surface area contributed by atoms with Gasteiger partial charge in [0.15, 0.2) is 0 Å². The first-order chi connectivity index (χ1) is 8.66. The van der Waals surface area contributed by atoms with Crippen molar-refractivity contribution in [2.75, 3.05) is 13.2 Å². The number of ether oxygens (including phenoxy) is 2. The fourth-order valence-corrected chi connectivity index (χ4v) is 1.90. The first-order valence-electron chi connectivity index (χ1n) is 5.97. The van der Waals surface area contributed by atoms with E-state index in [1.807, 2.05) is 24.3 Å². The Kier molecular flexibility index (Phi) is 4.17. The van der Waals surface area contributed by atoms with Crippen molar-refractivity contribution in [2.24, 2.45) is 5.73 Å². The molecular weight excluding hydrogens is 234 g/mol. The zero-order chi connectivity index (χ0) is 13.0. The second-order valence-electron chi connectivity index (χ2n) is 4.36. The molecule has 1 aliphatic rings. The first kappa shape index (κ1) is 12.9. The summed E-state index contributed by atoms with van der Waals surface area (Å²) in [5.41, 5.74) is 6.36. The lowest BCUT2D eigenvalue weighted by atomic mass is 10.1. The smallest absolute Gasteiger partial charge is 0.320 e. The van der Waals surface area contributed by atoms with Crippen molar-refractivity contribution < 1.29 is 19.4 Å². The summed E-state index contributed by atoms with van der Waals surface area (Å²) in [6.07, 6.45) is 1.17. The summed E-state index contributed by atoms with van der Waals surface area (Å²) in [6.45, 7) is 1.29. The second-order valence-corrected chi connectivity index (χ2v) is 4.36. The van der Waals surface area contributed by atoms with E-state index in [4.69, 9.17) is 20.3 Å². The average Bonchev–Trinajstić information content (AvgIpc) is 2.84. The van der Waals surface area contributed by atoms with Crippen LogP contribution in [0.4, 0.5) is 0 Å².